The zero-order valence-corrected chi connectivity index (χ0v) is 7.33. The number of nitrogens with zero attached hydrogens (tertiary/aromatic N) is 1. The van der Waals surface area contributed by atoms with Gasteiger partial charge in [0.25, 0.3) is 0 Å². The van der Waals surface area contributed by atoms with Gasteiger partial charge < -0.3 is 0 Å². The number of rotatable bonds is 3. The molecule has 1 aliphatic heterocycles. The fraction of sp³-hybridized carbons (Fsp3) is 0.182. The van der Waals surface area contributed by atoms with E-state index in [2.05, 4.69) is 25.1 Å². The molecule has 0 bridgehead atoms. The smallest absolute Gasteiger partial charge is 0.0727 e. The van der Waals surface area contributed by atoms with E-state index in [9.17, 15) is 0 Å². The molecule has 0 spiro atoms. The predicted molar refractivity (Wildman–Crippen MR) is 54.5 cm³/mol. The van der Waals surface area contributed by atoms with E-state index in [0.29, 0.717) is 0 Å². The van der Waals surface area contributed by atoms with Gasteiger partial charge in [0.1, 0.15) is 0 Å². The highest BCUT2D eigenvalue weighted by molar-refractivity contribution is 5.87. The number of aliphatic imine (C=N–C) groups is 1. The summed E-state index contributed by atoms with van der Waals surface area (Å²) in [5.41, 5.74) is 2.32. The van der Waals surface area contributed by atoms with Gasteiger partial charge in [0.2, 0.25) is 0 Å². The van der Waals surface area contributed by atoms with E-state index in [-0.39, 0.29) is 6.04 Å². The molecule has 12 heavy (non-hydrogen) atoms. The lowest BCUT2D eigenvalue weighted by Crippen LogP contribution is -1.96. The molecular formula is C11H13N. The highest BCUT2D eigenvalue weighted by Gasteiger charge is 2.12. The molecule has 1 atom stereocenters. The summed E-state index contributed by atoms with van der Waals surface area (Å²) >= 11 is 0. The molecule has 0 aromatic heterocycles. The first kappa shape index (κ1) is 8.72. The average Bonchev–Trinajstić information content (AvgIpc) is 2.43. The van der Waals surface area contributed by atoms with Crippen LogP contribution in [0.4, 0.5) is 0 Å². The molecule has 0 fully saturated rings. The maximum atomic E-state index is 4.27. The van der Waals surface area contributed by atoms with E-state index < -0.39 is 0 Å². The van der Waals surface area contributed by atoms with E-state index in [4.69, 9.17) is 0 Å². The SMILES string of the molecule is C=C/C=C\C1=C(C=C)C=NC1C. The minimum absolute atomic E-state index is 0.259. The van der Waals surface area contributed by atoms with Crippen LogP contribution < -0.4 is 0 Å². The molecule has 1 nitrogen and oxygen atoms in total. The summed E-state index contributed by atoms with van der Waals surface area (Å²) in [6.07, 6.45) is 9.40. The predicted octanol–water partition coefficient (Wildman–Crippen LogP) is 2.68. The molecule has 1 rings (SSSR count). The molecule has 1 aliphatic rings. The molecule has 0 radical (unpaired) electrons. The van der Waals surface area contributed by atoms with Crippen molar-refractivity contribution in [3.8, 4) is 0 Å². The van der Waals surface area contributed by atoms with E-state index in [1.807, 2.05) is 24.4 Å². The topological polar surface area (TPSA) is 12.4 Å². The third-order valence-electron chi connectivity index (χ3n) is 1.85. The van der Waals surface area contributed by atoms with Gasteiger partial charge in [0.15, 0.2) is 0 Å². The molecule has 0 N–H and O–H groups in total. The zero-order valence-electron chi connectivity index (χ0n) is 7.33. The van der Waals surface area contributed by atoms with Crippen LogP contribution in [-0.4, -0.2) is 12.3 Å². The summed E-state index contributed by atoms with van der Waals surface area (Å²) in [5, 5.41) is 0. The summed E-state index contributed by atoms with van der Waals surface area (Å²) in [7, 11) is 0. The molecule has 0 saturated carbocycles. The van der Waals surface area contributed by atoms with E-state index in [1.165, 1.54) is 5.57 Å². The van der Waals surface area contributed by atoms with E-state index >= 15 is 0 Å². The highest BCUT2D eigenvalue weighted by Crippen LogP contribution is 2.19. The molecular weight excluding hydrogens is 146 g/mol. The van der Waals surface area contributed by atoms with Crippen LogP contribution in [0.15, 0.2) is 53.6 Å². The molecule has 0 amide bonds. The molecule has 1 unspecified atom stereocenters. The van der Waals surface area contributed by atoms with Crippen molar-refractivity contribution in [2.75, 3.05) is 0 Å². The van der Waals surface area contributed by atoms with Crippen molar-refractivity contribution in [2.45, 2.75) is 13.0 Å². The summed E-state index contributed by atoms with van der Waals surface area (Å²) in [5.74, 6) is 0. The van der Waals surface area contributed by atoms with Crippen LogP contribution in [0.3, 0.4) is 0 Å². The van der Waals surface area contributed by atoms with Crippen LogP contribution in [0, 0.1) is 0 Å². The van der Waals surface area contributed by atoms with Crippen LogP contribution in [0.1, 0.15) is 6.92 Å². The Kier molecular flexibility index (Phi) is 2.81. The van der Waals surface area contributed by atoms with Crippen molar-refractivity contribution in [3.05, 3.63) is 48.6 Å². The Hall–Kier alpha value is -1.37. The summed E-state index contributed by atoms with van der Waals surface area (Å²) < 4.78 is 0. The highest BCUT2D eigenvalue weighted by atomic mass is 14.8. The molecule has 1 heteroatoms. The number of hydrogen-bond acceptors (Lipinski definition) is 1. The summed E-state index contributed by atoms with van der Waals surface area (Å²) in [4.78, 5) is 4.27. The first-order chi connectivity index (χ1) is 5.79. The monoisotopic (exact) mass is 159 g/mol. The van der Waals surface area contributed by atoms with Crippen molar-refractivity contribution in [2.24, 2.45) is 4.99 Å². The maximum Gasteiger partial charge on any atom is 0.0727 e. The minimum atomic E-state index is 0.259. The Bertz CT molecular complexity index is 279. The lowest BCUT2D eigenvalue weighted by atomic mass is 10.1. The Balaban J connectivity index is 2.92. The second kappa shape index (κ2) is 3.86. The van der Waals surface area contributed by atoms with Crippen LogP contribution in [0.2, 0.25) is 0 Å². The van der Waals surface area contributed by atoms with Crippen LogP contribution in [0.25, 0.3) is 0 Å². The van der Waals surface area contributed by atoms with Crippen molar-refractivity contribution in [3.63, 3.8) is 0 Å². The molecule has 1 heterocycles. The van der Waals surface area contributed by atoms with E-state index in [1.54, 1.807) is 6.08 Å². The fourth-order valence-corrected chi connectivity index (χ4v) is 1.17. The maximum absolute atomic E-state index is 4.27. The number of hydrogen-bond donors (Lipinski definition) is 0. The first-order valence-corrected chi connectivity index (χ1v) is 3.98. The molecule has 62 valence electrons. The van der Waals surface area contributed by atoms with Crippen LogP contribution >= 0.6 is 0 Å². The molecule has 0 aromatic carbocycles. The molecule has 0 aromatic rings. The Morgan fingerprint density at radius 3 is 2.83 bits per heavy atom. The first-order valence-electron chi connectivity index (χ1n) is 3.98. The van der Waals surface area contributed by atoms with Gasteiger partial charge in [0.05, 0.1) is 6.04 Å². The van der Waals surface area contributed by atoms with Crippen LogP contribution in [0.5, 0.6) is 0 Å². The van der Waals surface area contributed by atoms with E-state index in [0.717, 1.165) is 5.57 Å². The Labute approximate surface area is 73.5 Å². The Morgan fingerprint density at radius 2 is 2.25 bits per heavy atom. The quantitative estimate of drug-likeness (QED) is 0.561. The van der Waals surface area contributed by atoms with Gasteiger partial charge >= 0.3 is 0 Å². The van der Waals surface area contributed by atoms with Crippen molar-refractivity contribution >= 4 is 6.21 Å². The van der Waals surface area contributed by atoms with Crippen molar-refractivity contribution in [1.82, 2.24) is 0 Å². The fourth-order valence-electron chi connectivity index (χ4n) is 1.17. The van der Waals surface area contributed by atoms with Gasteiger partial charge in [-0.2, -0.15) is 0 Å². The standard InChI is InChI=1S/C11H13N/c1-4-6-7-11-9(3)12-8-10(11)5-2/h4-9H,1-2H2,3H3/b7-6-. The van der Waals surface area contributed by atoms with Gasteiger partial charge in [-0.3, -0.25) is 4.99 Å². The molecule has 0 aliphatic carbocycles. The normalized spacial score (nSPS) is 22.2. The number of allylic oxidation sites excluding steroid dienone is 4. The van der Waals surface area contributed by atoms with Gasteiger partial charge in [-0.25, -0.2) is 0 Å². The molecule has 0 saturated heterocycles. The summed E-state index contributed by atoms with van der Waals surface area (Å²) in [6, 6.07) is 0.259. The van der Waals surface area contributed by atoms with Gasteiger partial charge in [-0.1, -0.05) is 37.5 Å². The Morgan fingerprint density at radius 1 is 1.50 bits per heavy atom. The lowest BCUT2D eigenvalue weighted by Gasteiger charge is -2.01. The van der Waals surface area contributed by atoms with Gasteiger partial charge in [-0.15, -0.1) is 0 Å². The minimum Gasteiger partial charge on any atom is -0.285 e. The third-order valence-corrected chi connectivity index (χ3v) is 1.85. The second-order valence-electron chi connectivity index (χ2n) is 2.66. The van der Waals surface area contributed by atoms with Gasteiger partial charge in [0, 0.05) is 6.21 Å². The van der Waals surface area contributed by atoms with Crippen molar-refractivity contribution in [1.29, 1.82) is 0 Å². The second-order valence-corrected chi connectivity index (χ2v) is 2.66. The average molecular weight is 159 g/mol. The largest absolute Gasteiger partial charge is 0.285 e. The van der Waals surface area contributed by atoms with Crippen LogP contribution in [-0.2, 0) is 0 Å². The third kappa shape index (κ3) is 1.62. The lowest BCUT2D eigenvalue weighted by molar-refractivity contribution is 0.909. The van der Waals surface area contributed by atoms with Crippen molar-refractivity contribution < 1.29 is 0 Å². The zero-order chi connectivity index (χ0) is 8.97. The summed E-state index contributed by atoms with van der Waals surface area (Å²) in [6.45, 7) is 9.41. The van der Waals surface area contributed by atoms with Gasteiger partial charge in [-0.05, 0) is 18.1 Å².